The Balaban J connectivity index is 2.68. The molecule has 5 heteroatoms. The molecule has 2 nitrogen and oxygen atoms in total. The minimum Gasteiger partial charge on any atom is -0.497 e. The third-order valence-electron chi connectivity index (χ3n) is 2.81. The SMILES string of the molecule is COc1cc(F)c(-c2cc(Cl)ccc2CN)c(F)c1. The average molecular weight is 284 g/mol. The standard InChI is InChI=1S/C14H12ClF2NO/c1-19-10-5-12(16)14(13(17)6-10)11-4-9(15)3-2-8(11)7-18/h2-6H,7,18H2,1H3. The third kappa shape index (κ3) is 2.69. The summed E-state index contributed by atoms with van der Waals surface area (Å²) in [6, 6.07) is 7.03. The zero-order valence-corrected chi connectivity index (χ0v) is 11.0. The van der Waals surface area contributed by atoms with Gasteiger partial charge in [0.15, 0.2) is 0 Å². The molecule has 0 amide bonds. The van der Waals surface area contributed by atoms with Gasteiger partial charge in [0.2, 0.25) is 0 Å². The first-order valence-electron chi connectivity index (χ1n) is 5.58. The average Bonchev–Trinajstić information content (AvgIpc) is 2.38. The molecule has 0 atom stereocenters. The summed E-state index contributed by atoms with van der Waals surface area (Å²) in [7, 11) is 1.35. The fraction of sp³-hybridized carbons (Fsp3) is 0.143. The highest BCUT2D eigenvalue weighted by Gasteiger charge is 2.16. The van der Waals surface area contributed by atoms with Gasteiger partial charge in [-0.2, -0.15) is 0 Å². The topological polar surface area (TPSA) is 35.2 Å². The fourth-order valence-corrected chi connectivity index (χ4v) is 2.06. The lowest BCUT2D eigenvalue weighted by atomic mass is 9.98. The van der Waals surface area contributed by atoms with E-state index in [1.54, 1.807) is 12.1 Å². The lowest BCUT2D eigenvalue weighted by Gasteiger charge is -2.12. The number of rotatable bonds is 3. The van der Waals surface area contributed by atoms with E-state index in [2.05, 4.69) is 0 Å². The van der Waals surface area contributed by atoms with Crippen LogP contribution < -0.4 is 10.5 Å². The van der Waals surface area contributed by atoms with Crippen molar-refractivity contribution in [3.8, 4) is 16.9 Å². The molecule has 0 aliphatic rings. The van der Waals surface area contributed by atoms with E-state index < -0.39 is 11.6 Å². The molecule has 0 fully saturated rings. The Bertz CT molecular complexity index is 593. The largest absolute Gasteiger partial charge is 0.497 e. The van der Waals surface area contributed by atoms with Crippen LogP contribution in [0.3, 0.4) is 0 Å². The van der Waals surface area contributed by atoms with Crippen LogP contribution >= 0.6 is 11.6 Å². The summed E-state index contributed by atoms with van der Waals surface area (Å²) in [6.07, 6.45) is 0. The van der Waals surface area contributed by atoms with Crippen LogP contribution in [-0.4, -0.2) is 7.11 Å². The van der Waals surface area contributed by atoms with E-state index in [4.69, 9.17) is 22.1 Å². The summed E-state index contributed by atoms with van der Waals surface area (Å²) >= 11 is 5.88. The van der Waals surface area contributed by atoms with Crippen molar-refractivity contribution >= 4 is 11.6 Å². The molecular formula is C14H12ClF2NO. The highest BCUT2D eigenvalue weighted by atomic mass is 35.5. The molecule has 2 aromatic rings. The van der Waals surface area contributed by atoms with Crippen LogP contribution in [-0.2, 0) is 6.54 Å². The molecule has 0 saturated carbocycles. The normalized spacial score (nSPS) is 10.6. The third-order valence-corrected chi connectivity index (χ3v) is 3.05. The number of methoxy groups -OCH3 is 1. The molecule has 0 heterocycles. The fourth-order valence-electron chi connectivity index (χ4n) is 1.88. The second-order valence-corrected chi connectivity index (χ2v) is 4.41. The molecule has 0 aliphatic heterocycles. The van der Waals surface area contributed by atoms with Gasteiger partial charge in [-0.15, -0.1) is 0 Å². The van der Waals surface area contributed by atoms with Crippen LogP contribution in [0.5, 0.6) is 5.75 Å². The van der Waals surface area contributed by atoms with Gasteiger partial charge in [0.05, 0.1) is 12.7 Å². The van der Waals surface area contributed by atoms with E-state index in [9.17, 15) is 8.78 Å². The predicted molar refractivity (Wildman–Crippen MR) is 71.2 cm³/mol. The number of hydrogen-bond acceptors (Lipinski definition) is 2. The highest BCUT2D eigenvalue weighted by molar-refractivity contribution is 6.30. The molecule has 2 N–H and O–H groups in total. The molecular weight excluding hydrogens is 272 g/mol. The Hall–Kier alpha value is -1.65. The molecule has 100 valence electrons. The quantitative estimate of drug-likeness (QED) is 0.931. The van der Waals surface area contributed by atoms with Crippen molar-refractivity contribution in [2.45, 2.75) is 6.54 Å². The maximum atomic E-state index is 14.0. The highest BCUT2D eigenvalue weighted by Crippen LogP contribution is 2.33. The Morgan fingerprint density at radius 3 is 2.32 bits per heavy atom. The van der Waals surface area contributed by atoms with Gasteiger partial charge in [-0.3, -0.25) is 0 Å². The number of benzene rings is 2. The van der Waals surface area contributed by atoms with Crippen LogP contribution in [0.15, 0.2) is 30.3 Å². The van der Waals surface area contributed by atoms with E-state index in [0.717, 1.165) is 12.1 Å². The first kappa shape index (κ1) is 13.8. The van der Waals surface area contributed by atoms with Gasteiger partial charge in [-0.05, 0) is 23.3 Å². The molecule has 2 aromatic carbocycles. The molecule has 0 saturated heterocycles. The predicted octanol–water partition coefficient (Wildman–Crippen LogP) is 3.75. The smallest absolute Gasteiger partial charge is 0.137 e. The Kier molecular flexibility index (Phi) is 4.02. The minimum absolute atomic E-state index is 0.120. The van der Waals surface area contributed by atoms with Gasteiger partial charge >= 0.3 is 0 Å². The number of hydrogen-bond donors (Lipinski definition) is 1. The molecule has 2 rings (SSSR count). The van der Waals surface area contributed by atoms with Gasteiger partial charge in [0.1, 0.15) is 17.4 Å². The van der Waals surface area contributed by atoms with Crippen molar-refractivity contribution in [3.63, 3.8) is 0 Å². The van der Waals surface area contributed by atoms with E-state index in [1.807, 2.05) is 0 Å². The summed E-state index contributed by atoms with van der Waals surface area (Å²) in [5.74, 6) is -1.31. The lowest BCUT2D eigenvalue weighted by molar-refractivity contribution is 0.407. The molecule has 0 spiro atoms. The summed E-state index contributed by atoms with van der Waals surface area (Å²) in [6.45, 7) is 0.164. The van der Waals surface area contributed by atoms with Crippen molar-refractivity contribution in [3.05, 3.63) is 52.6 Å². The second kappa shape index (κ2) is 5.55. The second-order valence-electron chi connectivity index (χ2n) is 3.97. The Morgan fingerprint density at radius 1 is 1.16 bits per heavy atom. The molecule has 0 unspecified atom stereocenters. The van der Waals surface area contributed by atoms with E-state index in [0.29, 0.717) is 16.1 Å². The number of ether oxygens (including phenoxy) is 1. The number of nitrogens with two attached hydrogens (primary N) is 1. The van der Waals surface area contributed by atoms with Gasteiger partial charge in [0, 0.05) is 23.7 Å². The summed E-state index contributed by atoms with van der Waals surface area (Å²) < 4.78 is 32.9. The van der Waals surface area contributed by atoms with Gasteiger partial charge < -0.3 is 10.5 Å². The molecule has 0 aliphatic carbocycles. The summed E-state index contributed by atoms with van der Waals surface area (Å²) in [5, 5.41) is 0.391. The zero-order chi connectivity index (χ0) is 14.0. The van der Waals surface area contributed by atoms with Gasteiger partial charge in [-0.25, -0.2) is 8.78 Å². The van der Waals surface area contributed by atoms with Crippen molar-refractivity contribution in [2.75, 3.05) is 7.11 Å². The van der Waals surface area contributed by atoms with Crippen molar-refractivity contribution in [1.82, 2.24) is 0 Å². The zero-order valence-electron chi connectivity index (χ0n) is 10.2. The van der Waals surface area contributed by atoms with Crippen molar-refractivity contribution < 1.29 is 13.5 Å². The Morgan fingerprint density at radius 2 is 1.79 bits per heavy atom. The van der Waals surface area contributed by atoms with E-state index in [-0.39, 0.29) is 17.9 Å². The lowest BCUT2D eigenvalue weighted by Crippen LogP contribution is -2.01. The molecule has 0 bridgehead atoms. The maximum Gasteiger partial charge on any atom is 0.137 e. The first-order chi connectivity index (χ1) is 9.06. The number of halogens is 3. The van der Waals surface area contributed by atoms with Crippen LogP contribution in [0.1, 0.15) is 5.56 Å². The maximum absolute atomic E-state index is 14.0. The molecule has 0 aromatic heterocycles. The van der Waals surface area contributed by atoms with Gasteiger partial charge in [-0.1, -0.05) is 17.7 Å². The molecule has 0 radical (unpaired) electrons. The minimum atomic E-state index is -0.714. The first-order valence-corrected chi connectivity index (χ1v) is 5.96. The van der Waals surface area contributed by atoms with Crippen molar-refractivity contribution in [1.29, 1.82) is 0 Å². The summed E-state index contributed by atoms with van der Waals surface area (Å²) in [4.78, 5) is 0. The van der Waals surface area contributed by atoms with Crippen LogP contribution in [0.25, 0.3) is 11.1 Å². The summed E-state index contributed by atoms with van der Waals surface area (Å²) in [5.41, 5.74) is 6.40. The monoisotopic (exact) mass is 283 g/mol. The van der Waals surface area contributed by atoms with Crippen LogP contribution in [0, 0.1) is 11.6 Å². The Labute approximate surface area is 114 Å². The van der Waals surface area contributed by atoms with Crippen LogP contribution in [0.2, 0.25) is 5.02 Å². The molecule has 19 heavy (non-hydrogen) atoms. The van der Waals surface area contributed by atoms with Gasteiger partial charge in [0.25, 0.3) is 0 Å². The van der Waals surface area contributed by atoms with Crippen LogP contribution in [0.4, 0.5) is 8.78 Å². The van der Waals surface area contributed by atoms with E-state index in [1.165, 1.54) is 13.2 Å². The van der Waals surface area contributed by atoms with Crippen molar-refractivity contribution in [2.24, 2.45) is 5.73 Å². The van der Waals surface area contributed by atoms with E-state index >= 15 is 0 Å².